The Bertz CT molecular complexity index is 545. The van der Waals surface area contributed by atoms with Gasteiger partial charge in [0.25, 0.3) is 0 Å². The van der Waals surface area contributed by atoms with E-state index in [0.717, 1.165) is 18.6 Å². The highest BCUT2D eigenvalue weighted by Gasteiger charge is 2.20. The second kappa shape index (κ2) is 7.55. The maximum atomic E-state index is 13.4. The van der Waals surface area contributed by atoms with Crippen LogP contribution in [0.5, 0.6) is 5.75 Å². The molecule has 7 heteroatoms. The first-order chi connectivity index (χ1) is 9.91. The van der Waals surface area contributed by atoms with E-state index in [-0.39, 0.29) is 5.75 Å². The van der Waals surface area contributed by atoms with Gasteiger partial charge in [0.2, 0.25) is 5.82 Å². The van der Waals surface area contributed by atoms with Crippen LogP contribution in [0.4, 0.5) is 10.1 Å². The highest BCUT2D eigenvalue weighted by atomic mass is 19.1. The van der Waals surface area contributed by atoms with Gasteiger partial charge in [0.15, 0.2) is 0 Å². The number of benzene rings is 1. The number of nitrogens with one attached hydrogen (secondary N) is 1. The number of nitriles is 1. The zero-order valence-electron chi connectivity index (χ0n) is 12.1. The van der Waals surface area contributed by atoms with E-state index >= 15 is 0 Å². The Hall–Kier alpha value is -2.20. The van der Waals surface area contributed by atoms with E-state index in [4.69, 9.17) is 10.00 Å². The molecular weight excluding hydrogens is 277 g/mol. The molecule has 0 radical (unpaired) electrons. The van der Waals surface area contributed by atoms with Crippen molar-refractivity contribution in [2.75, 3.05) is 13.7 Å². The molecule has 6 nitrogen and oxygen atoms in total. The summed E-state index contributed by atoms with van der Waals surface area (Å²) in [6.45, 7) is 2.18. The van der Waals surface area contributed by atoms with Crippen molar-refractivity contribution in [1.29, 1.82) is 5.26 Å². The van der Waals surface area contributed by atoms with Gasteiger partial charge in [-0.05, 0) is 39.3 Å². The quantitative estimate of drug-likeness (QED) is 0.452. The molecule has 1 N–H and O–H groups in total. The smallest absolute Gasteiger partial charge is 0.305 e. The lowest BCUT2D eigenvalue weighted by molar-refractivity contribution is -0.387. The van der Waals surface area contributed by atoms with Gasteiger partial charge in [-0.3, -0.25) is 10.1 Å². The van der Waals surface area contributed by atoms with E-state index in [9.17, 15) is 14.5 Å². The SMILES string of the molecule is CNC(C)(C#N)CCCCOc1ccc([N+](=O)[O-])c(F)c1. The summed E-state index contributed by atoms with van der Waals surface area (Å²) < 4.78 is 18.7. The Kier molecular flexibility index (Phi) is 6.06. The Labute approximate surface area is 122 Å². The molecule has 21 heavy (non-hydrogen) atoms. The van der Waals surface area contributed by atoms with E-state index < -0.39 is 22.0 Å². The summed E-state index contributed by atoms with van der Waals surface area (Å²) in [6.07, 6.45) is 2.16. The molecule has 0 aromatic heterocycles. The highest BCUT2D eigenvalue weighted by Crippen LogP contribution is 2.22. The molecule has 0 fully saturated rings. The first kappa shape index (κ1) is 16.9. The zero-order chi connectivity index (χ0) is 15.9. The van der Waals surface area contributed by atoms with Crippen molar-refractivity contribution in [3.8, 4) is 11.8 Å². The van der Waals surface area contributed by atoms with Crippen LogP contribution in [0.1, 0.15) is 26.2 Å². The molecule has 1 aromatic rings. The summed E-state index contributed by atoms with van der Waals surface area (Å²) in [5, 5.41) is 22.4. The van der Waals surface area contributed by atoms with Crippen LogP contribution in [-0.4, -0.2) is 24.1 Å². The number of unbranched alkanes of at least 4 members (excludes halogenated alkanes) is 1. The van der Waals surface area contributed by atoms with Crippen LogP contribution >= 0.6 is 0 Å². The predicted octanol–water partition coefficient (Wildman–Crippen LogP) is 2.78. The molecule has 1 rings (SSSR count). The molecule has 0 aliphatic carbocycles. The van der Waals surface area contributed by atoms with Crippen molar-refractivity contribution in [2.24, 2.45) is 0 Å². The third-order valence-corrected chi connectivity index (χ3v) is 3.25. The molecule has 0 saturated carbocycles. The Morgan fingerprint density at radius 3 is 2.76 bits per heavy atom. The molecule has 0 saturated heterocycles. The van der Waals surface area contributed by atoms with Crippen molar-refractivity contribution in [3.05, 3.63) is 34.1 Å². The van der Waals surface area contributed by atoms with Crippen LogP contribution in [-0.2, 0) is 0 Å². The topological polar surface area (TPSA) is 88.2 Å². The first-order valence-electron chi connectivity index (χ1n) is 6.59. The second-order valence-corrected chi connectivity index (χ2v) is 4.87. The van der Waals surface area contributed by atoms with E-state index in [0.29, 0.717) is 19.4 Å². The lowest BCUT2D eigenvalue weighted by atomic mass is 9.97. The number of nitro groups is 1. The monoisotopic (exact) mass is 295 g/mol. The van der Waals surface area contributed by atoms with Gasteiger partial charge in [0.1, 0.15) is 11.3 Å². The van der Waals surface area contributed by atoms with Gasteiger partial charge in [-0.25, -0.2) is 0 Å². The number of ether oxygens (including phenoxy) is 1. The molecule has 0 spiro atoms. The molecule has 0 bridgehead atoms. The van der Waals surface area contributed by atoms with Crippen molar-refractivity contribution >= 4 is 5.69 Å². The molecule has 0 aliphatic heterocycles. The maximum absolute atomic E-state index is 13.4. The zero-order valence-corrected chi connectivity index (χ0v) is 12.1. The van der Waals surface area contributed by atoms with Crippen LogP contribution in [0.2, 0.25) is 0 Å². The molecule has 0 aliphatic rings. The fraction of sp³-hybridized carbons (Fsp3) is 0.500. The highest BCUT2D eigenvalue weighted by molar-refractivity contribution is 5.37. The molecule has 0 heterocycles. The predicted molar refractivity (Wildman–Crippen MR) is 75.5 cm³/mol. The van der Waals surface area contributed by atoms with Crippen molar-refractivity contribution in [2.45, 2.75) is 31.7 Å². The standard InChI is InChI=1S/C14H18FN3O3/c1-14(10-16,17-2)7-3-4-8-21-11-5-6-13(18(19)20)12(15)9-11/h5-6,9,17H,3-4,7-8H2,1-2H3. The van der Waals surface area contributed by atoms with Gasteiger partial charge >= 0.3 is 5.69 Å². The second-order valence-electron chi connectivity index (χ2n) is 4.87. The lowest BCUT2D eigenvalue weighted by Gasteiger charge is -2.20. The fourth-order valence-corrected chi connectivity index (χ4v) is 1.73. The summed E-state index contributed by atoms with van der Waals surface area (Å²) >= 11 is 0. The van der Waals surface area contributed by atoms with Gasteiger partial charge in [0.05, 0.1) is 17.6 Å². The molecule has 1 aromatic carbocycles. The molecule has 1 atom stereocenters. The number of hydrogen-bond acceptors (Lipinski definition) is 5. The van der Waals surface area contributed by atoms with Crippen LogP contribution < -0.4 is 10.1 Å². The van der Waals surface area contributed by atoms with Crippen molar-refractivity contribution in [3.63, 3.8) is 0 Å². The summed E-state index contributed by atoms with van der Waals surface area (Å²) in [5.41, 5.74) is -1.12. The minimum Gasteiger partial charge on any atom is -0.493 e. The Morgan fingerprint density at radius 2 is 2.24 bits per heavy atom. The average molecular weight is 295 g/mol. The van der Waals surface area contributed by atoms with Crippen LogP contribution in [0.3, 0.4) is 0 Å². The van der Waals surface area contributed by atoms with Gasteiger partial charge in [-0.1, -0.05) is 0 Å². The minimum atomic E-state index is -0.912. The Balaban J connectivity index is 2.39. The fourth-order valence-electron chi connectivity index (χ4n) is 1.73. The van der Waals surface area contributed by atoms with Crippen LogP contribution in [0.15, 0.2) is 18.2 Å². The van der Waals surface area contributed by atoms with E-state index in [1.54, 1.807) is 7.05 Å². The Morgan fingerprint density at radius 1 is 1.52 bits per heavy atom. The molecule has 0 amide bonds. The van der Waals surface area contributed by atoms with Crippen LogP contribution in [0, 0.1) is 27.3 Å². The van der Waals surface area contributed by atoms with E-state index in [1.807, 2.05) is 6.92 Å². The number of hydrogen-bond donors (Lipinski definition) is 1. The van der Waals surface area contributed by atoms with Crippen molar-refractivity contribution < 1.29 is 14.1 Å². The largest absolute Gasteiger partial charge is 0.493 e. The van der Waals surface area contributed by atoms with Crippen molar-refractivity contribution in [1.82, 2.24) is 5.32 Å². The third kappa shape index (κ3) is 5.00. The number of halogens is 1. The van der Waals surface area contributed by atoms with Gasteiger partial charge < -0.3 is 10.1 Å². The molecule has 1 unspecified atom stereocenters. The molecule has 114 valence electrons. The summed E-state index contributed by atoms with van der Waals surface area (Å²) in [7, 11) is 1.74. The van der Waals surface area contributed by atoms with Gasteiger partial charge in [0, 0.05) is 12.1 Å². The minimum absolute atomic E-state index is 0.259. The number of nitro benzene ring substituents is 1. The lowest BCUT2D eigenvalue weighted by Crippen LogP contribution is -2.37. The summed E-state index contributed by atoms with van der Waals surface area (Å²) in [5.74, 6) is -0.653. The van der Waals surface area contributed by atoms with E-state index in [1.165, 1.54) is 6.07 Å². The van der Waals surface area contributed by atoms with Gasteiger partial charge in [-0.15, -0.1) is 0 Å². The number of nitrogens with zero attached hydrogens (tertiary/aromatic N) is 2. The number of rotatable bonds is 8. The summed E-state index contributed by atoms with van der Waals surface area (Å²) in [4.78, 5) is 9.70. The first-order valence-corrected chi connectivity index (χ1v) is 6.59. The third-order valence-electron chi connectivity index (χ3n) is 3.25. The van der Waals surface area contributed by atoms with Crippen LogP contribution in [0.25, 0.3) is 0 Å². The normalized spacial score (nSPS) is 13.2. The maximum Gasteiger partial charge on any atom is 0.305 e. The average Bonchev–Trinajstić information content (AvgIpc) is 2.46. The summed E-state index contributed by atoms with van der Waals surface area (Å²) in [6, 6.07) is 5.65. The van der Waals surface area contributed by atoms with Gasteiger partial charge in [-0.2, -0.15) is 9.65 Å². The van der Waals surface area contributed by atoms with E-state index in [2.05, 4.69) is 11.4 Å². The molecular formula is C14H18FN3O3.